The molecular formula is C13H15N3O4. The van der Waals surface area contributed by atoms with Gasteiger partial charge in [0, 0.05) is 12.2 Å². The molecule has 0 unspecified atom stereocenters. The van der Waals surface area contributed by atoms with Crippen molar-refractivity contribution >= 4 is 23.6 Å². The van der Waals surface area contributed by atoms with Gasteiger partial charge in [-0.2, -0.15) is 0 Å². The van der Waals surface area contributed by atoms with E-state index >= 15 is 0 Å². The van der Waals surface area contributed by atoms with Crippen LogP contribution in [-0.2, 0) is 16.1 Å². The second-order valence-corrected chi connectivity index (χ2v) is 4.76. The van der Waals surface area contributed by atoms with Gasteiger partial charge < -0.3 is 21.5 Å². The summed E-state index contributed by atoms with van der Waals surface area (Å²) in [4.78, 5) is 33.4. The Kier molecular flexibility index (Phi) is 3.60. The summed E-state index contributed by atoms with van der Waals surface area (Å²) in [6.07, 6.45) is 0.769. The summed E-state index contributed by atoms with van der Waals surface area (Å²) in [7, 11) is 0. The van der Waals surface area contributed by atoms with Gasteiger partial charge in [-0.1, -0.05) is 12.1 Å². The molecule has 7 nitrogen and oxygen atoms in total. The van der Waals surface area contributed by atoms with Crippen molar-refractivity contribution in [3.8, 4) is 0 Å². The Morgan fingerprint density at radius 3 is 2.25 bits per heavy atom. The third-order valence-electron chi connectivity index (χ3n) is 3.27. The van der Waals surface area contributed by atoms with Crippen LogP contribution in [-0.4, -0.2) is 23.0 Å². The van der Waals surface area contributed by atoms with Crippen LogP contribution in [0.2, 0.25) is 0 Å². The molecule has 1 aliphatic rings. The molecule has 5 N–H and O–H groups in total. The molecule has 1 fully saturated rings. The van der Waals surface area contributed by atoms with Crippen LogP contribution in [0, 0.1) is 5.41 Å². The molecule has 106 valence electrons. The first-order valence-electron chi connectivity index (χ1n) is 6.11. The highest BCUT2D eigenvalue weighted by molar-refractivity contribution is 6.04. The van der Waals surface area contributed by atoms with Crippen molar-refractivity contribution in [2.45, 2.75) is 19.4 Å². The SMILES string of the molecule is NC(=O)Nc1ccc(CNC(=O)C2(C(=O)O)CC2)cc1. The van der Waals surface area contributed by atoms with Crippen LogP contribution in [0.5, 0.6) is 0 Å². The molecular weight excluding hydrogens is 262 g/mol. The second kappa shape index (κ2) is 5.20. The van der Waals surface area contributed by atoms with E-state index in [2.05, 4.69) is 10.6 Å². The topological polar surface area (TPSA) is 122 Å². The maximum absolute atomic E-state index is 11.8. The molecule has 0 bridgehead atoms. The zero-order chi connectivity index (χ0) is 14.8. The van der Waals surface area contributed by atoms with Gasteiger partial charge in [0.05, 0.1) is 0 Å². The van der Waals surface area contributed by atoms with E-state index in [-0.39, 0.29) is 6.54 Å². The fourth-order valence-electron chi connectivity index (χ4n) is 1.86. The van der Waals surface area contributed by atoms with Crippen LogP contribution >= 0.6 is 0 Å². The highest BCUT2D eigenvalue weighted by Gasteiger charge is 2.56. The van der Waals surface area contributed by atoms with Crippen molar-refractivity contribution in [3.63, 3.8) is 0 Å². The average molecular weight is 277 g/mol. The predicted molar refractivity (Wildman–Crippen MR) is 70.8 cm³/mol. The summed E-state index contributed by atoms with van der Waals surface area (Å²) in [6.45, 7) is 0.241. The Labute approximate surface area is 115 Å². The van der Waals surface area contributed by atoms with Gasteiger partial charge in [0.1, 0.15) is 5.41 Å². The summed E-state index contributed by atoms with van der Waals surface area (Å²) in [6, 6.07) is 6.08. The van der Waals surface area contributed by atoms with Gasteiger partial charge in [-0.05, 0) is 30.5 Å². The molecule has 0 aromatic heterocycles. The maximum atomic E-state index is 11.8. The smallest absolute Gasteiger partial charge is 0.319 e. The van der Waals surface area contributed by atoms with E-state index in [4.69, 9.17) is 10.8 Å². The first-order chi connectivity index (χ1) is 9.44. The largest absolute Gasteiger partial charge is 0.480 e. The number of hydrogen-bond donors (Lipinski definition) is 4. The van der Waals surface area contributed by atoms with Crippen molar-refractivity contribution in [3.05, 3.63) is 29.8 Å². The summed E-state index contributed by atoms with van der Waals surface area (Å²) in [5, 5.41) is 14.0. The quantitative estimate of drug-likeness (QED) is 0.590. The number of aliphatic carboxylic acids is 1. The number of carbonyl (C=O) groups is 3. The Hall–Kier alpha value is -2.57. The molecule has 1 saturated carbocycles. The zero-order valence-corrected chi connectivity index (χ0v) is 10.7. The number of primary amides is 1. The van der Waals surface area contributed by atoms with Crippen LogP contribution in [0.3, 0.4) is 0 Å². The Balaban J connectivity index is 1.90. The number of rotatable bonds is 5. The molecule has 1 aliphatic carbocycles. The number of anilines is 1. The first-order valence-corrected chi connectivity index (χ1v) is 6.11. The molecule has 2 rings (SSSR count). The second-order valence-electron chi connectivity index (χ2n) is 4.76. The molecule has 0 spiro atoms. The lowest BCUT2D eigenvalue weighted by Gasteiger charge is -2.11. The fraction of sp³-hybridized carbons (Fsp3) is 0.308. The molecule has 1 aromatic rings. The van der Waals surface area contributed by atoms with Gasteiger partial charge in [-0.25, -0.2) is 4.79 Å². The number of amides is 3. The summed E-state index contributed by atoms with van der Waals surface area (Å²) >= 11 is 0. The van der Waals surface area contributed by atoms with Crippen molar-refractivity contribution in [2.24, 2.45) is 11.1 Å². The number of carbonyl (C=O) groups excluding carboxylic acids is 2. The molecule has 7 heteroatoms. The number of nitrogens with one attached hydrogen (secondary N) is 2. The minimum Gasteiger partial charge on any atom is -0.480 e. The first kappa shape index (κ1) is 13.9. The minimum atomic E-state index is -1.23. The molecule has 0 saturated heterocycles. The normalized spacial score (nSPS) is 15.2. The van der Waals surface area contributed by atoms with E-state index in [1.165, 1.54) is 0 Å². The van der Waals surface area contributed by atoms with Gasteiger partial charge >= 0.3 is 12.0 Å². The number of urea groups is 1. The highest BCUT2D eigenvalue weighted by atomic mass is 16.4. The van der Waals surface area contributed by atoms with E-state index in [1.54, 1.807) is 24.3 Å². The molecule has 20 heavy (non-hydrogen) atoms. The molecule has 3 amide bonds. The summed E-state index contributed by atoms with van der Waals surface area (Å²) < 4.78 is 0. The van der Waals surface area contributed by atoms with Gasteiger partial charge in [-0.15, -0.1) is 0 Å². The predicted octanol–water partition coefficient (Wildman–Crippen LogP) is 0.658. The number of carboxylic acid groups (broad SMARTS) is 1. The van der Waals surface area contributed by atoms with Gasteiger partial charge in [0.2, 0.25) is 5.91 Å². The van der Waals surface area contributed by atoms with Crippen molar-refractivity contribution < 1.29 is 19.5 Å². The van der Waals surface area contributed by atoms with Crippen molar-refractivity contribution in [1.29, 1.82) is 0 Å². The zero-order valence-electron chi connectivity index (χ0n) is 10.7. The monoisotopic (exact) mass is 277 g/mol. The van der Waals surface area contributed by atoms with Gasteiger partial charge in [0.25, 0.3) is 0 Å². The van der Waals surface area contributed by atoms with E-state index in [0.717, 1.165) is 5.56 Å². The van der Waals surface area contributed by atoms with E-state index < -0.39 is 23.3 Å². The van der Waals surface area contributed by atoms with Crippen molar-refractivity contribution in [1.82, 2.24) is 5.32 Å². The number of benzene rings is 1. The standard InChI is InChI=1S/C13H15N3O4/c14-12(20)16-9-3-1-8(2-4-9)7-15-10(17)13(5-6-13)11(18)19/h1-4H,5-7H2,(H,15,17)(H,18,19)(H3,14,16,20). The molecule has 0 heterocycles. The highest BCUT2D eigenvalue weighted by Crippen LogP contribution is 2.46. The van der Waals surface area contributed by atoms with Crippen LogP contribution in [0.15, 0.2) is 24.3 Å². The third kappa shape index (κ3) is 2.87. The number of nitrogens with two attached hydrogens (primary N) is 1. The van der Waals surface area contributed by atoms with Crippen LogP contribution in [0.1, 0.15) is 18.4 Å². The molecule has 0 radical (unpaired) electrons. The summed E-state index contributed by atoms with van der Waals surface area (Å²) in [5.74, 6) is -1.53. The summed E-state index contributed by atoms with van der Waals surface area (Å²) in [5.41, 5.74) is 5.11. The van der Waals surface area contributed by atoms with E-state index in [0.29, 0.717) is 18.5 Å². The van der Waals surface area contributed by atoms with Crippen molar-refractivity contribution in [2.75, 3.05) is 5.32 Å². The Morgan fingerprint density at radius 1 is 1.20 bits per heavy atom. The molecule has 0 aliphatic heterocycles. The lowest BCUT2D eigenvalue weighted by atomic mass is 10.1. The van der Waals surface area contributed by atoms with Crippen LogP contribution in [0.4, 0.5) is 10.5 Å². The Bertz CT molecular complexity index is 549. The van der Waals surface area contributed by atoms with Gasteiger partial charge in [-0.3, -0.25) is 9.59 Å². The molecule has 1 aromatic carbocycles. The average Bonchev–Trinajstić information content (AvgIpc) is 3.18. The lowest BCUT2D eigenvalue weighted by molar-refractivity contribution is -0.149. The molecule has 0 atom stereocenters. The fourth-order valence-corrected chi connectivity index (χ4v) is 1.86. The van der Waals surface area contributed by atoms with E-state index in [9.17, 15) is 14.4 Å². The Morgan fingerprint density at radius 2 is 1.80 bits per heavy atom. The number of hydrogen-bond acceptors (Lipinski definition) is 3. The van der Waals surface area contributed by atoms with E-state index in [1.807, 2.05) is 0 Å². The van der Waals surface area contributed by atoms with Gasteiger partial charge in [0.15, 0.2) is 0 Å². The number of carboxylic acids is 1. The minimum absolute atomic E-state index is 0.241. The lowest BCUT2D eigenvalue weighted by Crippen LogP contribution is -2.36. The van der Waals surface area contributed by atoms with Crippen LogP contribution < -0.4 is 16.4 Å². The van der Waals surface area contributed by atoms with Crippen LogP contribution in [0.25, 0.3) is 0 Å². The maximum Gasteiger partial charge on any atom is 0.319 e. The third-order valence-corrected chi connectivity index (χ3v) is 3.27.